The van der Waals surface area contributed by atoms with Crippen LogP contribution in [-0.4, -0.2) is 97.9 Å². The highest BCUT2D eigenvalue weighted by Gasteiger charge is 2.29. The van der Waals surface area contributed by atoms with Gasteiger partial charge in [0.15, 0.2) is 10.7 Å². The lowest BCUT2D eigenvalue weighted by molar-refractivity contribution is 0.0742. The number of piperazine rings is 2. The van der Waals surface area contributed by atoms with Crippen molar-refractivity contribution in [1.82, 2.24) is 19.4 Å². The van der Waals surface area contributed by atoms with Gasteiger partial charge in [0.1, 0.15) is 11.5 Å². The highest BCUT2D eigenvalue weighted by atomic mass is 32.1. The summed E-state index contributed by atoms with van der Waals surface area (Å²) in [6.45, 7) is 5.00. The van der Waals surface area contributed by atoms with Crippen molar-refractivity contribution in [1.29, 1.82) is 0 Å². The number of nitrogens with one attached hydrogen (secondary N) is 1. The van der Waals surface area contributed by atoms with Crippen molar-refractivity contribution in [2.24, 2.45) is 0 Å². The van der Waals surface area contributed by atoms with E-state index in [-0.39, 0.29) is 17.6 Å². The Hall–Kier alpha value is -4.06. The molecule has 0 atom stereocenters. The van der Waals surface area contributed by atoms with Crippen LogP contribution in [0, 0.1) is 0 Å². The minimum atomic E-state index is -0.252. The number of ether oxygens (including phenoxy) is 2. The van der Waals surface area contributed by atoms with Gasteiger partial charge in [0.05, 0.1) is 14.2 Å². The molecule has 2 fully saturated rings. The monoisotopic (exact) mass is 537 g/mol. The summed E-state index contributed by atoms with van der Waals surface area (Å²) in [7, 11) is 3.30. The molecule has 2 aliphatic heterocycles. The second-order valence-electron chi connectivity index (χ2n) is 9.04. The number of urea groups is 1. The Morgan fingerprint density at radius 1 is 0.789 bits per heavy atom. The molecule has 3 amide bonds. The molecule has 0 unspecified atom stereocenters. The van der Waals surface area contributed by atoms with E-state index in [1.165, 1.54) is 0 Å². The Morgan fingerprint density at radius 3 is 1.84 bits per heavy atom. The fraction of sp³-hybridized carbons (Fsp3) is 0.385. The summed E-state index contributed by atoms with van der Waals surface area (Å²) in [5, 5.41) is 7.30. The third-order valence-corrected chi connectivity index (χ3v) is 7.52. The normalized spacial score (nSPS) is 15.8. The van der Waals surface area contributed by atoms with Crippen molar-refractivity contribution in [2.45, 2.75) is 0 Å². The van der Waals surface area contributed by atoms with Gasteiger partial charge in [-0.2, -0.15) is 0 Å². The molecule has 0 spiro atoms. The van der Waals surface area contributed by atoms with Crippen LogP contribution in [0.5, 0.6) is 11.5 Å². The van der Waals surface area contributed by atoms with Crippen molar-refractivity contribution < 1.29 is 19.1 Å². The number of methoxy groups -OCH3 is 2. The number of carbonyl (C=O) groups excluding carboxylic acids is 2. The largest absolute Gasteiger partial charge is 0.497 e. The van der Waals surface area contributed by atoms with Gasteiger partial charge in [-0.25, -0.2) is 4.79 Å². The van der Waals surface area contributed by atoms with Gasteiger partial charge in [0.25, 0.3) is 5.91 Å². The number of amides is 3. The third-order valence-electron chi connectivity index (χ3n) is 6.88. The van der Waals surface area contributed by atoms with Gasteiger partial charge < -0.3 is 29.1 Å². The van der Waals surface area contributed by atoms with Crippen molar-refractivity contribution in [3.8, 4) is 11.5 Å². The molecule has 11 nitrogen and oxygen atoms in total. The van der Waals surface area contributed by atoms with Crippen molar-refractivity contribution >= 4 is 39.8 Å². The van der Waals surface area contributed by atoms with E-state index in [1.54, 1.807) is 24.0 Å². The van der Waals surface area contributed by atoms with Gasteiger partial charge >= 0.3 is 6.03 Å². The molecule has 200 valence electrons. The Kier molecular flexibility index (Phi) is 7.78. The Labute approximate surface area is 225 Å². The molecule has 5 rings (SSSR count). The van der Waals surface area contributed by atoms with Crippen LogP contribution in [0.3, 0.4) is 0 Å². The van der Waals surface area contributed by atoms with E-state index in [2.05, 4.69) is 24.7 Å². The fourth-order valence-corrected chi connectivity index (χ4v) is 5.24. The number of rotatable bonds is 6. The fourth-order valence-electron chi connectivity index (χ4n) is 4.69. The van der Waals surface area contributed by atoms with Crippen LogP contribution >= 0.6 is 11.5 Å². The van der Waals surface area contributed by atoms with Crippen molar-refractivity contribution in [3.63, 3.8) is 0 Å². The maximum absolute atomic E-state index is 13.2. The van der Waals surface area contributed by atoms with Crippen LogP contribution in [0.15, 0.2) is 48.5 Å². The highest BCUT2D eigenvalue weighted by Crippen LogP contribution is 2.25. The minimum absolute atomic E-state index is 0.188. The molecule has 1 N–H and O–H groups in total. The summed E-state index contributed by atoms with van der Waals surface area (Å²) < 4.78 is 14.6. The molecule has 0 bridgehead atoms. The number of aromatic nitrogens is 2. The lowest BCUT2D eigenvalue weighted by Crippen LogP contribution is -2.50. The third kappa shape index (κ3) is 5.59. The minimum Gasteiger partial charge on any atom is -0.497 e. The van der Waals surface area contributed by atoms with Crippen molar-refractivity contribution in [2.75, 3.05) is 81.7 Å². The number of nitrogens with zero attached hydrogens (tertiary/aromatic N) is 6. The van der Waals surface area contributed by atoms with Crippen LogP contribution in [0.4, 0.5) is 21.2 Å². The zero-order valence-electron chi connectivity index (χ0n) is 21.5. The van der Waals surface area contributed by atoms with E-state index < -0.39 is 0 Å². The molecule has 12 heteroatoms. The van der Waals surface area contributed by atoms with Gasteiger partial charge in [-0.15, -0.1) is 5.10 Å². The first-order chi connectivity index (χ1) is 18.6. The molecule has 38 heavy (non-hydrogen) atoms. The average Bonchev–Trinajstić information content (AvgIpc) is 3.45. The summed E-state index contributed by atoms with van der Waals surface area (Å²) >= 11 is 1.02. The molecule has 0 aliphatic carbocycles. The molecule has 2 saturated heterocycles. The average molecular weight is 538 g/mol. The second kappa shape index (κ2) is 11.5. The predicted molar refractivity (Wildman–Crippen MR) is 147 cm³/mol. The van der Waals surface area contributed by atoms with Gasteiger partial charge in [-0.05, 0) is 24.3 Å². The zero-order chi connectivity index (χ0) is 26.5. The number of benzene rings is 2. The zero-order valence-corrected chi connectivity index (χ0v) is 22.3. The lowest BCUT2D eigenvalue weighted by Gasteiger charge is -2.36. The quantitative estimate of drug-likeness (QED) is 0.512. The van der Waals surface area contributed by atoms with Crippen LogP contribution < -0.4 is 24.6 Å². The summed E-state index contributed by atoms with van der Waals surface area (Å²) in [5.41, 5.74) is 2.31. The summed E-state index contributed by atoms with van der Waals surface area (Å²) in [6.07, 6.45) is 0. The number of hydrogen-bond acceptors (Lipinski definition) is 9. The number of anilines is 3. The Bertz CT molecular complexity index is 1270. The number of hydrogen-bond donors (Lipinski definition) is 1. The Morgan fingerprint density at radius 2 is 1.32 bits per heavy atom. The first-order valence-electron chi connectivity index (χ1n) is 12.5. The molecule has 2 aliphatic rings. The first kappa shape index (κ1) is 25.6. The molecule has 3 heterocycles. The topological polar surface area (TPSA) is 103 Å². The molecule has 0 radical (unpaired) electrons. The SMILES string of the molecule is COc1cccc(N2CCN(C(=O)Nc3snnc3C(=O)N3CCN(c4cccc(OC)c4)CC3)CC2)c1. The van der Waals surface area contributed by atoms with Gasteiger partial charge in [-0.1, -0.05) is 16.6 Å². The van der Waals surface area contributed by atoms with E-state index in [1.807, 2.05) is 48.5 Å². The van der Waals surface area contributed by atoms with Crippen LogP contribution in [0.1, 0.15) is 10.5 Å². The van der Waals surface area contributed by atoms with Crippen LogP contribution in [-0.2, 0) is 0 Å². The van der Waals surface area contributed by atoms with Gasteiger partial charge in [0, 0.05) is 87.4 Å². The highest BCUT2D eigenvalue weighted by molar-refractivity contribution is 7.10. The van der Waals surface area contributed by atoms with Gasteiger partial charge in [-0.3, -0.25) is 10.1 Å². The van der Waals surface area contributed by atoms with Crippen molar-refractivity contribution in [3.05, 3.63) is 54.2 Å². The maximum atomic E-state index is 13.2. The van der Waals surface area contributed by atoms with E-state index >= 15 is 0 Å². The molecular formula is C26H31N7O4S. The standard InChI is InChI=1S/C26H31N7O4S/c1-36-21-7-3-5-19(17-21)30-9-13-32(14-10-30)25(34)23-24(38-29-28-23)27-26(35)33-15-11-31(12-16-33)20-6-4-8-22(18-20)37-2/h3-8,17-18H,9-16H2,1-2H3,(H,27,35). The molecular weight excluding hydrogens is 506 g/mol. The molecule has 3 aromatic rings. The molecule has 1 aromatic heterocycles. The number of carbonyl (C=O) groups is 2. The van der Waals surface area contributed by atoms with Crippen LogP contribution in [0.25, 0.3) is 0 Å². The van der Waals surface area contributed by atoms with E-state index in [4.69, 9.17) is 9.47 Å². The maximum Gasteiger partial charge on any atom is 0.322 e. The van der Waals surface area contributed by atoms with Gasteiger partial charge in [0.2, 0.25) is 0 Å². The van der Waals surface area contributed by atoms with E-state index in [0.29, 0.717) is 57.4 Å². The first-order valence-corrected chi connectivity index (χ1v) is 13.3. The van der Waals surface area contributed by atoms with E-state index in [9.17, 15) is 9.59 Å². The predicted octanol–water partition coefficient (Wildman–Crippen LogP) is 2.87. The second-order valence-corrected chi connectivity index (χ2v) is 9.79. The smallest absolute Gasteiger partial charge is 0.322 e. The molecule has 2 aromatic carbocycles. The lowest BCUT2D eigenvalue weighted by atomic mass is 10.2. The summed E-state index contributed by atoms with van der Waals surface area (Å²) in [4.78, 5) is 34.2. The summed E-state index contributed by atoms with van der Waals surface area (Å²) in [6, 6.07) is 15.5. The van der Waals surface area contributed by atoms with Crippen LogP contribution in [0.2, 0.25) is 0 Å². The molecule has 0 saturated carbocycles. The van der Waals surface area contributed by atoms with E-state index in [0.717, 1.165) is 34.4 Å². The summed E-state index contributed by atoms with van der Waals surface area (Å²) in [5.74, 6) is 1.39. The Balaban J connectivity index is 1.15.